The summed E-state index contributed by atoms with van der Waals surface area (Å²) in [5.74, 6) is 2.27. The predicted molar refractivity (Wildman–Crippen MR) is 140 cm³/mol. The van der Waals surface area contributed by atoms with E-state index in [0.29, 0.717) is 18.0 Å². The highest BCUT2D eigenvalue weighted by Gasteiger charge is 2.30. The molecule has 3 aromatic rings. The zero-order valence-corrected chi connectivity index (χ0v) is 20.9. The van der Waals surface area contributed by atoms with Crippen LogP contribution in [0.1, 0.15) is 24.8 Å². The molecular formula is C26H25IN4O3. The van der Waals surface area contributed by atoms with Crippen LogP contribution in [0.2, 0.25) is 0 Å². The molecule has 1 fully saturated rings. The number of carbonyl (C=O) groups excluding carboxylic acids is 1. The van der Waals surface area contributed by atoms with E-state index in [-0.39, 0.29) is 17.9 Å². The van der Waals surface area contributed by atoms with Crippen molar-refractivity contribution in [3.63, 3.8) is 0 Å². The minimum atomic E-state index is -0.0449. The first-order valence-corrected chi connectivity index (χ1v) is 12.4. The molecule has 0 aliphatic carbocycles. The van der Waals surface area contributed by atoms with Crippen LogP contribution in [0.25, 0.3) is 0 Å². The highest BCUT2D eigenvalue weighted by molar-refractivity contribution is 14.1. The summed E-state index contributed by atoms with van der Waals surface area (Å²) in [6.45, 7) is 0.827. The molecule has 7 nitrogen and oxygen atoms in total. The fraction of sp³-hybridized carbons (Fsp3) is 0.269. The van der Waals surface area contributed by atoms with Gasteiger partial charge in [-0.25, -0.2) is 9.98 Å². The number of aromatic nitrogens is 1. The molecule has 2 aliphatic heterocycles. The Labute approximate surface area is 212 Å². The molecule has 2 aliphatic rings. The Morgan fingerprint density at radius 1 is 1.21 bits per heavy atom. The van der Waals surface area contributed by atoms with Gasteiger partial charge in [-0.15, -0.1) is 0 Å². The van der Waals surface area contributed by atoms with Crippen molar-refractivity contribution in [2.45, 2.75) is 25.3 Å². The van der Waals surface area contributed by atoms with Crippen molar-refractivity contribution < 1.29 is 14.3 Å². The normalized spacial score (nSPS) is 19.1. The number of nitrogens with zero attached hydrogens (tertiary/aromatic N) is 2. The van der Waals surface area contributed by atoms with Gasteiger partial charge in [-0.3, -0.25) is 4.79 Å². The summed E-state index contributed by atoms with van der Waals surface area (Å²) in [5.41, 5.74) is 3.55. The van der Waals surface area contributed by atoms with Gasteiger partial charge in [0.2, 0.25) is 11.8 Å². The van der Waals surface area contributed by atoms with Crippen LogP contribution in [0.15, 0.2) is 65.8 Å². The largest absolute Gasteiger partial charge is 0.481 e. The minimum Gasteiger partial charge on any atom is -0.481 e. The second kappa shape index (κ2) is 10.1. The zero-order chi connectivity index (χ0) is 23.5. The third-order valence-electron chi connectivity index (χ3n) is 6.09. The fourth-order valence-electron chi connectivity index (χ4n) is 4.47. The van der Waals surface area contributed by atoms with Crippen molar-refractivity contribution in [1.82, 2.24) is 10.3 Å². The number of benzene rings is 2. The van der Waals surface area contributed by atoms with Gasteiger partial charge in [-0.1, -0.05) is 12.1 Å². The monoisotopic (exact) mass is 568 g/mol. The molecule has 2 aromatic carbocycles. The molecule has 0 saturated carbocycles. The molecular weight excluding hydrogens is 543 g/mol. The summed E-state index contributed by atoms with van der Waals surface area (Å²) in [5, 5.41) is 6.44. The Morgan fingerprint density at radius 3 is 2.91 bits per heavy atom. The number of nitrogens with one attached hydrogen (secondary N) is 2. The second-order valence-corrected chi connectivity index (χ2v) is 9.67. The smallest absolute Gasteiger partial charge is 0.225 e. The van der Waals surface area contributed by atoms with Crippen LogP contribution in [-0.4, -0.2) is 36.3 Å². The maximum atomic E-state index is 12.7. The third kappa shape index (κ3) is 5.07. The van der Waals surface area contributed by atoms with Crippen LogP contribution in [0.3, 0.4) is 0 Å². The van der Waals surface area contributed by atoms with Crippen molar-refractivity contribution in [1.29, 1.82) is 0 Å². The molecule has 1 unspecified atom stereocenters. The Morgan fingerprint density at radius 2 is 2.09 bits per heavy atom. The van der Waals surface area contributed by atoms with Gasteiger partial charge in [0.05, 0.1) is 24.7 Å². The van der Waals surface area contributed by atoms with Crippen LogP contribution in [0, 0.1) is 9.49 Å². The number of ether oxygens (including phenoxy) is 2. The highest BCUT2D eigenvalue weighted by atomic mass is 127. The summed E-state index contributed by atoms with van der Waals surface area (Å²) in [4.78, 5) is 22.0. The quantitative estimate of drug-likeness (QED) is 0.408. The number of methoxy groups -OCH3 is 1. The SMILES string of the molecule is COc1ccc(NC(=O)C[C@H]2CC(C3=Nc4cc(I)ccc4Oc4ccccc43)CCN2)cn1. The van der Waals surface area contributed by atoms with Crippen molar-refractivity contribution in [3.05, 3.63) is 69.9 Å². The van der Waals surface area contributed by atoms with E-state index in [0.717, 1.165) is 51.4 Å². The summed E-state index contributed by atoms with van der Waals surface area (Å²) < 4.78 is 12.4. The number of piperidine rings is 1. The Balaban J connectivity index is 1.34. The first-order chi connectivity index (χ1) is 16.6. The number of hydrogen-bond acceptors (Lipinski definition) is 6. The molecule has 1 aromatic heterocycles. The Hall–Kier alpha value is -2.98. The molecule has 3 heterocycles. The fourth-order valence-corrected chi connectivity index (χ4v) is 4.95. The maximum Gasteiger partial charge on any atom is 0.225 e. The first-order valence-electron chi connectivity index (χ1n) is 11.3. The van der Waals surface area contributed by atoms with Crippen molar-refractivity contribution in [3.8, 4) is 17.4 Å². The van der Waals surface area contributed by atoms with Crippen LogP contribution >= 0.6 is 22.6 Å². The number of para-hydroxylation sites is 1. The second-order valence-electron chi connectivity index (χ2n) is 8.42. The lowest BCUT2D eigenvalue weighted by atomic mass is 9.84. The molecule has 2 N–H and O–H groups in total. The van der Waals surface area contributed by atoms with E-state index in [4.69, 9.17) is 14.5 Å². The summed E-state index contributed by atoms with van der Waals surface area (Å²) in [6.07, 6.45) is 3.75. The molecule has 0 spiro atoms. The van der Waals surface area contributed by atoms with Gasteiger partial charge < -0.3 is 20.1 Å². The van der Waals surface area contributed by atoms with Gasteiger partial charge in [0.1, 0.15) is 11.4 Å². The van der Waals surface area contributed by atoms with E-state index in [1.54, 1.807) is 25.4 Å². The average Bonchev–Trinajstić information content (AvgIpc) is 3.01. The highest BCUT2D eigenvalue weighted by Crippen LogP contribution is 2.40. The van der Waals surface area contributed by atoms with Crippen molar-refractivity contribution in [2.75, 3.05) is 19.0 Å². The first kappa shape index (κ1) is 22.8. The summed E-state index contributed by atoms with van der Waals surface area (Å²) >= 11 is 2.30. The van der Waals surface area contributed by atoms with Crippen LogP contribution in [0.4, 0.5) is 11.4 Å². The topological polar surface area (TPSA) is 84.8 Å². The Bertz CT molecular complexity index is 1230. The number of rotatable bonds is 5. The van der Waals surface area contributed by atoms with E-state index < -0.39 is 0 Å². The van der Waals surface area contributed by atoms with E-state index in [1.165, 1.54) is 0 Å². The van der Waals surface area contributed by atoms with Gasteiger partial charge >= 0.3 is 0 Å². The van der Waals surface area contributed by atoms with Crippen molar-refractivity contribution >= 4 is 45.6 Å². The average molecular weight is 568 g/mol. The molecule has 5 rings (SSSR count). The lowest BCUT2D eigenvalue weighted by Crippen LogP contribution is -2.42. The van der Waals surface area contributed by atoms with Gasteiger partial charge in [0.15, 0.2) is 5.75 Å². The number of carbonyl (C=O) groups is 1. The lowest BCUT2D eigenvalue weighted by molar-refractivity contribution is -0.116. The molecule has 174 valence electrons. The van der Waals surface area contributed by atoms with E-state index in [2.05, 4.69) is 50.3 Å². The van der Waals surface area contributed by atoms with Gasteiger partial charge in [0, 0.05) is 33.6 Å². The number of anilines is 1. The standard InChI is InChI=1S/C26H25IN4O3/c1-33-25-9-7-18(15-29-25)30-24(32)14-19-12-16(10-11-28-19)26-20-4-2-3-5-22(20)34-23-8-6-17(27)13-21(23)31-26/h2-9,13,15-16,19,28H,10-12,14H2,1H3,(H,30,32)/t16?,19-/m1/s1. The number of pyridine rings is 1. The van der Waals surface area contributed by atoms with Crippen LogP contribution in [-0.2, 0) is 4.79 Å². The molecule has 8 heteroatoms. The third-order valence-corrected chi connectivity index (χ3v) is 6.76. The summed E-state index contributed by atoms with van der Waals surface area (Å²) in [6, 6.07) is 17.7. The number of aliphatic imine (C=N–C) groups is 1. The number of fused-ring (bicyclic) bond motifs is 2. The number of halogens is 1. The minimum absolute atomic E-state index is 0.0449. The lowest BCUT2D eigenvalue weighted by Gasteiger charge is -2.31. The molecule has 2 atom stereocenters. The molecule has 0 bridgehead atoms. The molecule has 1 saturated heterocycles. The number of hydrogen-bond donors (Lipinski definition) is 2. The maximum absolute atomic E-state index is 12.7. The summed E-state index contributed by atoms with van der Waals surface area (Å²) in [7, 11) is 1.56. The van der Waals surface area contributed by atoms with Crippen molar-refractivity contribution in [2.24, 2.45) is 10.9 Å². The van der Waals surface area contributed by atoms with E-state index in [9.17, 15) is 4.79 Å². The van der Waals surface area contributed by atoms with Crippen LogP contribution < -0.4 is 20.1 Å². The van der Waals surface area contributed by atoms with Gasteiger partial charge in [-0.2, -0.15) is 0 Å². The van der Waals surface area contributed by atoms with E-state index >= 15 is 0 Å². The zero-order valence-electron chi connectivity index (χ0n) is 18.8. The number of amides is 1. The van der Waals surface area contributed by atoms with E-state index in [1.807, 2.05) is 30.3 Å². The predicted octanol–water partition coefficient (Wildman–Crippen LogP) is 5.32. The van der Waals surface area contributed by atoms with Gasteiger partial charge in [-0.05, 0) is 78.4 Å². The molecule has 1 amide bonds. The molecule has 0 radical (unpaired) electrons. The molecule has 34 heavy (non-hydrogen) atoms. The van der Waals surface area contributed by atoms with Crippen LogP contribution in [0.5, 0.6) is 17.4 Å². The Kier molecular flexibility index (Phi) is 6.77. The van der Waals surface area contributed by atoms with Gasteiger partial charge in [0.25, 0.3) is 0 Å².